The molecule has 144 valence electrons. The van der Waals surface area contributed by atoms with Gasteiger partial charge in [0, 0.05) is 31.2 Å². The van der Waals surface area contributed by atoms with E-state index in [1.807, 2.05) is 37.6 Å². The largest absolute Gasteiger partial charge is 0.444 e. The van der Waals surface area contributed by atoms with Crippen molar-refractivity contribution >= 4 is 35.2 Å². The van der Waals surface area contributed by atoms with Gasteiger partial charge in [-0.15, -0.1) is 0 Å². The molecule has 0 aromatic carbocycles. The molecule has 0 radical (unpaired) electrons. The van der Waals surface area contributed by atoms with Gasteiger partial charge in [-0.25, -0.2) is 14.8 Å². The van der Waals surface area contributed by atoms with Gasteiger partial charge in [0.15, 0.2) is 0 Å². The molecule has 8 heteroatoms. The van der Waals surface area contributed by atoms with Crippen LogP contribution in [0.4, 0.5) is 10.7 Å². The summed E-state index contributed by atoms with van der Waals surface area (Å²) < 4.78 is 5.64. The Kier molecular flexibility index (Phi) is 5.54. The van der Waals surface area contributed by atoms with Crippen molar-refractivity contribution in [3.8, 4) is 0 Å². The van der Waals surface area contributed by atoms with Crippen LogP contribution in [0.5, 0.6) is 0 Å². The number of amides is 1. The van der Waals surface area contributed by atoms with Gasteiger partial charge in [0.05, 0.1) is 0 Å². The molecule has 6 nitrogen and oxygen atoms in total. The number of aromatic nitrogens is 2. The highest BCUT2D eigenvalue weighted by Crippen LogP contribution is 2.37. The van der Waals surface area contributed by atoms with Crippen molar-refractivity contribution in [1.82, 2.24) is 14.9 Å². The maximum atomic E-state index is 12.7. The fraction of sp³-hybridized carbons (Fsp3) is 0.722. The minimum atomic E-state index is -0.482. The van der Waals surface area contributed by atoms with Crippen LogP contribution in [0, 0.1) is 0 Å². The molecule has 2 aliphatic heterocycles. The average molecular weight is 401 g/mol. The number of piperidine rings is 2. The van der Waals surface area contributed by atoms with E-state index in [4.69, 9.17) is 27.9 Å². The lowest BCUT2D eigenvalue weighted by Crippen LogP contribution is -2.59. The molecule has 1 amide bonds. The molecule has 1 unspecified atom stereocenters. The zero-order valence-corrected chi connectivity index (χ0v) is 17.2. The first-order valence-electron chi connectivity index (χ1n) is 9.08. The van der Waals surface area contributed by atoms with E-state index >= 15 is 0 Å². The van der Waals surface area contributed by atoms with Gasteiger partial charge in [0.2, 0.25) is 5.95 Å². The second-order valence-corrected chi connectivity index (χ2v) is 8.95. The van der Waals surface area contributed by atoms with E-state index in [2.05, 4.69) is 9.97 Å². The van der Waals surface area contributed by atoms with E-state index in [0.717, 1.165) is 32.1 Å². The third kappa shape index (κ3) is 4.34. The normalized spacial score (nSPS) is 25.8. The molecule has 1 aromatic rings. The average Bonchev–Trinajstić information content (AvgIpc) is 2.50. The van der Waals surface area contributed by atoms with Crippen LogP contribution in [0.1, 0.15) is 52.9 Å². The number of hydrogen-bond donors (Lipinski definition) is 0. The molecule has 3 rings (SSSR count). The summed E-state index contributed by atoms with van der Waals surface area (Å²) >= 11 is 12.0. The minimum Gasteiger partial charge on any atom is -0.444 e. The molecule has 0 spiro atoms. The molecule has 0 saturated carbocycles. The molecular formula is C18H26Cl2N4O2. The van der Waals surface area contributed by atoms with Crippen LogP contribution in [0.15, 0.2) is 6.07 Å². The number of halogens is 2. The first-order chi connectivity index (χ1) is 12.1. The van der Waals surface area contributed by atoms with Gasteiger partial charge in [-0.2, -0.15) is 0 Å². The summed E-state index contributed by atoms with van der Waals surface area (Å²) in [6.45, 7) is 5.71. The summed E-state index contributed by atoms with van der Waals surface area (Å²) in [6.07, 6.45) is 4.66. The quantitative estimate of drug-likeness (QED) is 0.681. The first kappa shape index (κ1) is 19.5. The Morgan fingerprint density at radius 2 is 1.73 bits per heavy atom. The third-order valence-corrected chi connectivity index (χ3v) is 5.46. The summed E-state index contributed by atoms with van der Waals surface area (Å²) in [5.74, 6) is 0.524. The summed E-state index contributed by atoms with van der Waals surface area (Å²) in [7, 11) is 1.96. The van der Waals surface area contributed by atoms with E-state index in [0.29, 0.717) is 16.3 Å². The lowest BCUT2D eigenvalue weighted by atomic mass is 9.81. The van der Waals surface area contributed by atoms with Crippen molar-refractivity contribution in [3.05, 3.63) is 16.4 Å². The number of rotatable bonds is 2. The summed E-state index contributed by atoms with van der Waals surface area (Å²) in [5.41, 5.74) is -0.482. The topological polar surface area (TPSA) is 58.6 Å². The van der Waals surface area contributed by atoms with E-state index in [9.17, 15) is 4.79 Å². The van der Waals surface area contributed by atoms with E-state index in [1.54, 1.807) is 0 Å². The van der Waals surface area contributed by atoms with E-state index < -0.39 is 5.60 Å². The van der Waals surface area contributed by atoms with Gasteiger partial charge in [0.25, 0.3) is 0 Å². The predicted molar refractivity (Wildman–Crippen MR) is 103 cm³/mol. The maximum Gasteiger partial charge on any atom is 0.410 e. The molecule has 0 N–H and O–H groups in total. The molecular weight excluding hydrogens is 375 g/mol. The maximum absolute atomic E-state index is 12.7. The number of nitrogens with zero attached hydrogens (tertiary/aromatic N) is 4. The summed E-state index contributed by atoms with van der Waals surface area (Å²) in [5, 5.41) is 0.663. The highest BCUT2D eigenvalue weighted by molar-refractivity contribution is 6.33. The van der Waals surface area contributed by atoms with Crippen molar-refractivity contribution in [2.75, 3.05) is 11.9 Å². The van der Waals surface area contributed by atoms with Gasteiger partial charge in [0.1, 0.15) is 15.9 Å². The van der Waals surface area contributed by atoms with Gasteiger partial charge >= 0.3 is 6.09 Å². The first-order valence-corrected chi connectivity index (χ1v) is 9.84. The Labute approximate surface area is 164 Å². The van der Waals surface area contributed by atoms with Crippen LogP contribution in [-0.2, 0) is 4.74 Å². The SMILES string of the molecule is CN(c1nc(Cl)cc(Cl)n1)C1C[C@H]2CCC[C@@H](C1)N2C(=O)OC(C)(C)C. The van der Waals surface area contributed by atoms with Crippen LogP contribution in [-0.4, -0.2) is 51.7 Å². The Hall–Kier alpha value is -1.27. The highest BCUT2D eigenvalue weighted by atomic mass is 35.5. The Bertz CT molecular complexity index is 645. The predicted octanol–water partition coefficient (Wildman–Crippen LogP) is 4.54. The number of fused-ring (bicyclic) bond motifs is 2. The van der Waals surface area contributed by atoms with Crippen molar-refractivity contribution in [1.29, 1.82) is 0 Å². The van der Waals surface area contributed by atoms with Crippen molar-refractivity contribution in [2.45, 2.75) is 76.6 Å². The second-order valence-electron chi connectivity index (χ2n) is 8.18. The molecule has 3 atom stereocenters. The standard InChI is InChI=1S/C18H26Cl2N4O2/c1-18(2,3)26-17(25)24-11-6-5-7-12(24)9-13(8-11)23(4)16-21-14(19)10-15(20)22-16/h10-13H,5-9H2,1-4H3/t11-,12+,13?. The van der Waals surface area contributed by atoms with E-state index in [-0.39, 0.29) is 24.2 Å². The molecule has 2 fully saturated rings. The zero-order chi connectivity index (χ0) is 19.1. The smallest absolute Gasteiger partial charge is 0.410 e. The molecule has 2 saturated heterocycles. The van der Waals surface area contributed by atoms with Crippen molar-refractivity contribution < 1.29 is 9.53 Å². The lowest BCUT2D eigenvalue weighted by molar-refractivity contribution is -0.0214. The van der Waals surface area contributed by atoms with Crippen LogP contribution < -0.4 is 4.90 Å². The number of ether oxygens (including phenoxy) is 1. The molecule has 0 aliphatic carbocycles. The van der Waals surface area contributed by atoms with Gasteiger partial charge < -0.3 is 14.5 Å². The second kappa shape index (κ2) is 7.39. The fourth-order valence-corrected chi connectivity index (χ4v) is 4.40. The monoisotopic (exact) mass is 400 g/mol. The Morgan fingerprint density at radius 1 is 1.19 bits per heavy atom. The summed E-state index contributed by atoms with van der Waals surface area (Å²) in [4.78, 5) is 25.3. The molecule has 1 aromatic heterocycles. The van der Waals surface area contributed by atoms with Crippen molar-refractivity contribution in [3.63, 3.8) is 0 Å². The number of carbonyl (C=O) groups is 1. The molecule has 26 heavy (non-hydrogen) atoms. The third-order valence-electron chi connectivity index (χ3n) is 5.07. The fourth-order valence-electron chi connectivity index (χ4n) is 3.98. The molecule has 2 aliphatic rings. The van der Waals surface area contributed by atoms with Crippen LogP contribution in [0.3, 0.4) is 0 Å². The molecule has 2 bridgehead atoms. The lowest BCUT2D eigenvalue weighted by Gasteiger charge is -2.50. The van der Waals surface area contributed by atoms with Crippen LogP contribution in [0.2, 0.25) is 10.3 Å². The number of carbonyl (C=O) groups excluding carboxylic acids is 1. The Balaban J connectivity index is 1.76. The van der Waals surface area contributed by atoms with Gasteiger partial charge in [-0.3, -0.25) is 0 Å². The van der Waals surface area contributed by atoms with Crippen molar-refractivity contribution in [2.24, 2.45) is 0 Å². The molecule has 3 heterocycles. The number of anilines is 1. The minimum absolute atomic E-state index is 0.180. The van der Waals surface area contributed by atoms with Crippen LogP contribution in [0.25, 0.3) is 0 Å². The Morgan fingerprint density at radius 3 is 2.23 bits per heavy atom. The van der Waals surface area contributed by atoms with Gasteiger partial charge in [-0.1, -0.05) is 23.2 Å². The van der Waals surface area contributed by atoms with Gasteiger partial charge in [-0.05, 0) is 52.9 Å². The highest BCUT2D eigenvalue weighted by Gasteiger charge is 2.43. The van der Waals surface area contributed by atoms with Crippen LogP contribution >= 0.6 is 23.2 Å². The van der Waals surface area contributed by atoms with E-state index in [1.165, 1.54) is 6.07 Å². The zero-order valence-electron chi connectivity index (χ0n) is 15.7. The summed E-state index contributed by atoms with van der Waals surface area (Å²) in [6, 6.07) is 2.12. The number of hydrogen-bond acceptors (Lipinski definition) is 5.